The Morgan fingerprint density at radius 1 is 1.43 bits per heavy atom. The van der Waals surface area contributed by atoms with E-state index >= 15 is 0 Å². The second kappa shape index (κ2) is 8.15. The topological polar surface area (TPSA) is 59.2 Å². The van der Waals surface area contributed by atoms with Gasteiger partial charge in [0.1, 0.15) is 0 Å². The van der Waals surface area contributed by atoms with Gasteiger partial charge in [0.15, 0.2) is 0 Å². The first kappa shape index (κ1) is 20.0. The fraction of sp³-hybridized carbons (Fsp3) is 0.375. The van der Waals surface area contributed by atoms with Gasteiger partial charge in [0.25, 0.3) is 5.91 Å². The Kier molecular flexibility index (Phi) is 7.08. The van der Waals surface area contributed by atoms with Crippen molar-refractivity contribution in [3.63, 3.8) is 0 Å². The monoisotopic (exact) mass is 375 g/mol. The second-order valence-electron chi connectivity index (χ2n) is 5.67. The number of hydrogen-bond acceptors (Lipinski definition) is 3. The highest BCUT2D eigenvalue weighted by Gasteiger charge is 2.33. The van der Waals surface area contributed by atoms with E-state index in [9.17, 15) is 4.79 Å². The number of carbonyl (C=O) groups is 1. The molecule has 23 heavy (non-hydrogen) atoms. The Bertz CT molecular complexity index is 695. The van der Waals surface area contributed by atoms with Crippen LogP contribution in [-0.2, 0) is 0 Å². The molecule has 2 unspecified atom stereocenters. The standard InChI is InChI=1S/C16H18ClN3O.2ClH/c1-10-5-11(8-18)9-20(10)16(21)14-7-13(17)6-12-3-2-4-19-15(12)14;;/h2-4,6-7,10-11H,5,8-9,18H2,1H3;2*1H. The number of aromatic nitrogens is 1. The molecule has 126 valence electrons. The first-order valence-corrected chi connectivity index (χ1v) is 7.53. The van der Waals surface area contributed by atoms with Crippen molar-refractivity contribution < 1.29 is 4.79 Å². The van der Waals surface area contributed by atoms with Gasteiger partial charge in [-0.25, -0.2) is 0 Å². The fourth-order valence-corrected chi connectivity index (χ4v) is 3.30. The molecule has 1 aliphatic heterocycles. The van der Waals surface area contributed by atoms with Crippen molar-refractivity contribution in [1.82, 2.24) is 9.88 Å². The molecular formula is C16H20Cl3N3O. The number of nitrogens with two attached hydrogens (primary N) is 1. The molecule has 1 saturated heterocycles. The summed E-state index contributed by atoms with van der Waals surface area (Å²) in [6.45, 7) is 3.38. The number of rotatable bonds is 2. The highest BCUT2D eigenvalue weighted by Crippen LogP contribution is 2.28. The van der Waals surface area contributed by atoms with Crippen LogP contribution in [-0.4, -0.2) is 34.9 Å². The predicted octanol–water partition coefficient (Wildman–Crippen LogP) is 3.54. The Labute approximate surface area is 153 Å². The van der Waals surface area contributed by atoms with Crippen molar-refractivity contribution in [3.8, 4) is 0 Å². The molecule has 1 amide bonds. The maximum atomic E-state index is 12.9. The summed E-state index contributed by atoms with van der Waals surface area (Å²) in [7, 11) is 0. The number of benzene rings is 1. The molecule has 1 fully saturated rings. The molecule has 0 saturated carbocycles. The second-order valence-corrected chi connectivity index (χ2v) is 6.11. The minimum Gasteiger partial charge on any atom is -0.336 e. The Hall–Kier alpha value is -1.07. The lowest BCUT2D eigenvalue weighted by atomic mass is 10.1. The largest absolute Gasteiger partial charge is 0.336 e. The lowest BCUT2D eigenvalue weighted by Gasteiger charge is -2.22. The van der Waals surface area contributed by atoms with Crippen molar-refractivity contribution in [3.05, 3.63) is 41.0 Å². The maximum absolute atomic E-state index is 12.9. The summed E-state index contributed by atoms with van der Waals surface area (Å²) in [5.74, 6) is 0.368. The zero-order chi connectivity index (χ0) is 15.0. The quantitative estimate of drug-likeness (QED) is 0.872. The molecule has 3 rings (SSSR count). The van der Waals surface area contributed by atoms with Crippen LogP contribution < -0.4 is 5.73 Å². The van der Waals surface area contributed by atoms with Crippen LogP contribution in [0.5, 0.6) is 0 Å². The first-order chi connectivity index (χ1) is 10.1. The zero-order valence-corrected chi connectivity index (χ0v) is 15.1. The maximum Gasteiger partial charge on any atom is 0.256 e. The average molecular weight is 377 g/mol. The number of pyridine rings is 1. The third kappa shape index (κ3) is 3.89. The number of carbonyl (C=O) groups excluding carboxylic acids is 1. The Balaban J connectivity index is 0.00000132. The molecule has 2 atom stereocenters. The van der Waals surface area contributed by atoms with Gasteiger partial charge < -0.3 is 10.6 Å². The molecule has 0 bridgehead atoms. The van der Waals surface area contributed by atoms with Gasteiger partial charge in [0.05, 0.1) is 11.1 Å². The van der Waals surface area contributed by atoms with E-state index in [1.165, 1.54) is 0 Å². The SMILES string of the molecule is CC1CC(CN)CN1C(=O)c1cc(Cl)cc2cccnc12.Cl.Cl. The Morgan fingerprint density at radius 2 is 2.17 bits per heavy atom. The van der Waals surface area contributed by atoms with Gasteiger partial charge >= 0.3 is 0 Å². The van der Waals surface area contributed by atoms with Crippen molar-refractivity contribution in [2.45, 2.75) is 19.4 Å². The summed E-state index contributed by atoms with van der Waals surface area (Å²) < 4.78 is 0. The zero-order valence-electron chi connectivity index (χ0n) is 12.7. The summed E-state index contributed by atoms with van der Waals surface area (Å²) in [5.41, 5.74) is 7.02. The summed E-state index contributed by atoms with van der Waals surface area (Å²) in [6, 6.07) is 7.50. The molecule has 1 aliphatic rings. The van der Waals surface area contributed by atoms with Gasteiger partial charge in [-0.2, -0.15) is 0 Å². The van der Waals surface area contributed by atoms with Crippen LogP contribution in [0.25, 0.3) is 10.9 Å². The van der Waals surface area contributed by atoms with E-state index in [1.807, 2.05) is 23.1 Å². The number of hydrogen-bond donors (Lipinski definition) is 1. The van der Waals surface area contributed by atoms with Gasteiger partial charge in [-0.1, -0.05) is 17.7 Å². The van der Waals surface area contributed by atoms with E-state index in [2.05, 4.69) is 11.9 Å². The molecule has 0 aliphatic carbocycles. The van der Waals surface area contributed by atoms with E-state index in [4.69, 9.17) is 17.3 Å². The van der Waals surface area contributed by atoms with Crippen LogP contribution in [0.4, 0.5) is 0 Å². The van der Waals surface area contributed by atoms with Crippen molar-refractivity contribution >= 4 is 53.2 Å². The lowest BCUT2D eigenvalue weighted by molar-refractivity contribution is 0.0745. The van der Waals surface area contributed by atoms with Crippen LogP contribution in [0, 0.1) is 5.92 Å². The summed E-state index contributed by atoms with van der Waals surface area (Å²) in [4.78, 5) is 19.1. The highest BCUT2D eigenvalue weighted by atomic mass is 35.5. The first-order valence-electron chi connectivity index (χ1n) is 7.15. The number of likely N-dealkylation sites (tertiary alicyclic amines) is 1. The van der Waals surface area contributed by atoms with E-state index in [1.54, 1.807) is 12.3 Å². The smallest absolute Gasteiger partial charge is 0.256 e. The minimum atomic E-state index is -0.00958. The number of nitrogens with zero attached hydrogens (tertiary/aromatic N) is 2. The molecule has 0 radical (unpaired) electrons. The number of amides is 1. The normalized spacial score (nSPS) is 20.0. The molecular weight excluding hydrogens is 357 g/mol. The Morgan fingerprint density at radius 3 is 2.83 bits per heavy atom. The molecule has 2 heterocycles. The van der Waals surface area contributed by atoms with E-state index in [0.717, 1.165) is 11.8 Å². The minimum absolute atomic E-state index is 0. The van der Waals surface area contributed by atoms with Gasteiger partial charge in [-0.3, -0.25) is 9.78 Å². The molecule has 2 N–H and O–H groups in total. The van der Waals surface area contributed by atoms with E-state index < -0.39 is 0 Å². The van der Waals surface area contributed by atoms with Crippen molar-refractivity contribution in [2.24, 2.45) is 11.7 Å². The predicted molar refractivity (Wildman–Crippen MR) is 98.9 cm³/mol. The van der Waals surface area contributed by atoms with Gasteiger partial charge in [-0.05, 0) is 44.0 Å². The summed E-state index contributed by atoms with van der Waals surface area (Å²) in [6.07, 6.45) is 2.65. The molecule has 4 nitrogen and oxygen atoms in total. The van der Waals surface area contributed by atoms with Gasteiger partial charge in [0, 0.05) is 29.2 Å². The summed E-state index contributed by atoms with van der Waals surface area (Å²) >= 11 is 6.15. The number of halogens is 3. The molecule has 7 heteroatoms. The third-order valence-electron chi connectivity index (χ3n) is 4.16. The third-order valence-corrected chi connectivity index (χ3v) is 4.37. The van der Waals surface area contributed by atoms with Crippen LogP contribution in [0.1, 0.15) is 23.7 Å². The van der Waals surface area contributed by atoms with Crippen molar-refractivity contribution in [1.29, 1.82) is 0 Å². The summed E-state index contributed by atoms with van der Waals surface area (Å²) in [5, 5.41) is 1.44. The van der Waals surface area contributed by atoms with Crippen LogP contribution in [0.2, 0.25) is 5.02 Å². The van der Waals surface area contributed by atoms with Crippen molar-refractivity contribution in [2.75, 3.05) is 13.1 Å². The van der Waals surface area contributed by atoms with E-state index in [-0.39, 0.29) is 36.8 Å². The van der Waals surface area contributed by atoms with Gasteiger partial charge in [-0.15, -0.1) is 24.8 Å². The lowest BCUT2D eigenvalue weighted by Crippen LogP contribution is -2.34. The average Bonchev–Trinajstić information content (AvgIpc) is 2.86. The highest BCUT2D eigenvalue weighted by molar-refractivity contribution is 6.32. The van der Waals surface area contributed by atoms with Crippen LogP contribution in [0.3, 0.4) is 0 Å². The van der Waals surface area contributed by atoms with Gasteiger partial charge in [0.2, 0.25) is 0 Å². The van der Waals surface area contributed by atoms with E-state index in [0.29, 0.717) is 35.1 Å². The fourth-order valence-electron chi connectivity index (χ4n) is 3.07. The molecule has 1 aromatic carbocycles. The number of fused-ring (bicyclic) bond motifs is 1. The van der Waals surface area contributed by atoms with Crippen LogP contribution >= 0.6 is 36.4 Å². The molecule has 1 aromatic heterocycles. The molecule has 2 aromatic rings. The molecule has 0 spiro atoms. The van der Waals surface area contributed by atoms with Crippen LogP contribution in [0.15, 0.2) is 30.5 Å².